The second-order valence-corrected chi connectivity index (χ2v) is 7.99. The lowest BCUT2D eigenvalue weighted by molar-refractivity contribution is -0.383. The standard InChI is InChI=1S/C26H23N7O4/c1-17-12-14-20(15-13-17)25(34)31-29-23-22(33(36)37)24(28-16-27-23)30-32-26(35)21(18-8-4-2-5-9-18)19-10-6-3-7-11-19/h2-16,21H,1H3,(H,31,34)(H,32,35)(H2,27,28,29,30). The molecule has 4 N–H and O–H groups in total. The summed E-state index contributed by atoms with van der Waals surface area (Å²) in [5.41, 5.74) is 12.2. The predicted octanol–water partition coefficient (Wildman–Crippen LogP) is 3.73. The monoisotopic (exact) mass is 497 g/mol. The minimum atomic E-state index is -0.721. The number of hydrazine groups is 2. The lowest BCUT2D eigenvalue weighted by atomic mass is 9.91. The lowest BCUT2D eigenvalue weighted by Gasteiger charge is -2.18. The number of hydrogen-bond donors (Lipinski definition) is 4. The highest BCUT2D eigenvalue weighted by Crippen LogP contribution is 2.29. The molecule has 0 atom stereocenters. The van der Waals surface area contributed by atoms with Crippen molar-refractivity contribution in [2.45, 2.75) is 12.8 Å². The van der Waals surface area contributed by atoms with Crippen molar-refractivity contribution in [3.05, 3.63) is 124 Å². The molecule has 11 nitrogen and oxygen atoms in total. The second-order valence-electron chi connectivity index (χ2n) is 7.99. The first kappa shape index (κ1) is 24.8. The van der Waals surface area contributed by atoms with Gasteiger partial charge in [-0.05, 0) is 30.2 Å². The van der Waals surface area contributed by atoms with Gasteiger partial charge in [0.05, 0.1) is 10.8 Å². The third-order valence-electron chi connectivity index (χ3n) is 5.45. The van der Waals surface area contributed by atoms with Crippen molar-refractivity contribution in [3.8, 4) is 0 Å². The molecule has 0 radical (unpaired) electrons. The highest BCUT2D eigenvalue weighted by molar-refractivity contribution is 5.95. The zero-order valence-electron chi connectivity index (χ0n) is 19.7. The van der Waals surface area contributed by atoms with Crippen LogP contribution in [0.15, 0.2) is 91.3 Å². The van der Waals surface area contributed by atoms with Gasteiger partial charge in [0.1, 0.15) is 6.33 Å². The van der Waals surface area contributed by atoms with Gasteiger partial charge in [-0.1, -0.05) is 78.4 Å². The zero-order chi connectivity index (χ0) is 26.2. The van der Waals surface area contributed by atoms with Crippen LogP contribution in [0.5, 0.6) is 0 Å². The van der Waals surface area contributed by atoms with E-state index >= 15 is 0 Å². The molecular formula is C26H23N7O4. The molecule has 0 aliphatic heterocycles. The smallest absolute Gasteiger partial charge is 0.276 e. The van der Waals surface area contributed by atoms with Crippen molar-refractivity contribution in [2.24, 2.45) is 0 Å². The molecule has 2 amide bonds. The Balaban J connectivity index is 1.52. The molecule has 1 heterocycles. The van der Waals surface area contributed by atoms with Gasteiger partial charge < -0.3 is 0 Å². The van der Waals surface area contributed by atoms with Crippen molar-refractivity contribution in [2.75, 3.05) is 10.9 Å². The quantitative estimate of drug-likeness (QED) is 0.202. The Morgan fingerprint density at radius 1 is 0.784 bits per heavy atom. The molecule has 0 saturated heterocycles. The first-order valence-corrected chi connectivity index (χ1v) is 11.2. The van der Waals surface area contributed by atoms with Crippen molar-refractivity contribution < 1.29 is 14.5 Å². The normalized spacial score (nSPS) is 10.4. The third-order valence-corrected chi connectivity index (χ3v) is 5.45. The van der Waals surface area contributed by atoms with E-state index in [9.17, 15) is 19.7 Å². The molecule has 0 spiro atoms. The van der Waals surface area contributed by atoms with Crippen LogP contribution in [0.3, 0.4) is 0 Å². The summed E-state index contributed by atoms with van der Waals surface area (Å²) in [6.07, 6.45) is 1.06. The Labute approximate surface area is 212 Å². The summed E-state index contributed by atoms with van der Waals surface area (Å²) >= 11 is 0. The SMILES string of the molecule is Cc1ccc(C(=O)NNc2ncnc(NNC(=O)C(c3ccccc3)c3ccccc3)c2[N+](=O)[O-])cc1. The van der Waals surface area contributed by atoms with E-state index in [1.807, 2.05) is 67.6 Å². The Morgan fingerprint density at radius 3 is 1.81 bits per heavy atom. The van der Waals surface area contributed by atoms with Crippen LogP contribution in [0.2, 0.25) is 0 Å². The van der Waals surface area contributed by atoms with Gasteiger partial charge in [-0.2, -0.15) is 0 Å². The molecule has 37 heavy (non-hydrogen) atoms. The van der Waals surface area contributed by atoms with Crippen molar-refractivity contribution >= 4 is 29.1 Å². The fourth-order valence-electron chi connectivity index (χ4n) is 3.61. The van der Waals surface area contributed by atoms with Gasteiger partial charge in [0, 0.05) is 5.56 Å². The number of nitro groups is 1. The minimum absolute atomic E-state index is 0.264. The van der Waals surface area contributed by atoms with Crippen LogP contribution in [-0.2, 0) is 4.79 Å². The molecule has 4 rings (SSSR count). The van der Waals surface area contributed by atoms with Crippen LogP contribution in [0.25, 0.3) is 0 Å². The molecule has 0 aliphatic rings. The molecule has 11 heteroatoms. The first-order chi connectivity index (χ1) is 17.9. The van der Waals surface area contributed by atoms with Crippen LogP contribution in [0.1, 0.15) is 33.0 Å². The van der Waals surface area contributed by atoms with Crippen LogP contribution < -0.4 is 21.7 Å². The van der Waals surface area contributed by atoms with E-state index in [4.69, 9.17) is 0 Å². The summed E-state index contributed by atoms with van der Waals surface area (Å²) in [5.74, 6) is -2.17. The largest absolute Gasteiger partial charge is 0.356 e. The molecule has 4 aromatic rings. The molecule has 1 aromatic heterocycles. The average molecular weight is 498 g/mol. The molecule has 0 fully saturated rings. The zero-order valence-corrected chi connectivity index (χ0v) is 19.7. The van der Waals surface area contributed by atoms with Crippen LogP contribution in [-0.4, -0.2) is 26.7 Å². The van der Waals surface area contributed by atoms with Gasteiger partial charge in [-0.25, -0.2) is 9.97 Å². The average Bonchev–Trinajstić information content (AvgIpc) is 2.92. The summed E-state index contributed by atoms with van der Waals surface area (Å²) < 4.78 is 0. The highest BCUT2D eigenvalue weighted by Gasteiger charge is 2.26. The summed E-state index contributed by atoms with van der Waals surface area (Å²) in [6.45, 7) is 1.89. The van der Waals surface area contributed by atoms with Gasteiger partial charge in [-0.15, -0.1) is 0 Å². The fourth-order valence-corrected chi connectivity index (χ4v) is 3.61. The molecule has 0 aliphatic carbocycles. The second kappa shape index (κ2) is 11.4. The summed E-state index contributed by atoms with van der Waals surface area (Å²) in [4.78, 5) is 44.5. The number of carbonyl (C=O) groups excluding carboxylic acids is 2. The number of anilines is 2. The van der Waals surface area contributed by atoms with Crippen molar-refractivity contribution in [1.82, 2.24) is 20.8 Å². The molecule has 0 unspecified atom stereocenters. The van der Waals surface area contributed by atoms with E-state index in [2.05, 4.69) is 31.7 Å². The highest BCUT2D eigenvalue weighted by atomic mass is 16.6. The molecule has 0 saturated carbocycles. The third kappa shape index (κ3) is 6.03. The van der Waals surface area contributed by atoms with Crippen LogP contribution in [0.4, 0.5) is 17.3 Å². The Morgan fingerprint density at radius 2 is 1.30 bits per heavy atom. The lowest BCUT2D eigenvalue weighted by Crippen LogP contribution is -2.35. The van der Waals surface area contributed by atoms with Gasteiger partial charge in [0.25, 0.3) is 5.91 Å². The molecule has 186 valence electrons. The molecular weight excluding hydrogens is 474 g/mol. The van der Waals surface area contributed by atoms with Crippen LogP contribution in [0, 0.1) is 17.0 Å². The van der Waals surface area contributed by atoms with Gasteiger partial charge in [0.2, 0.25) is 17.5 Å². The van der Waals surface area contributed by atoms with Crippen LogP contribution >= 0.6 is 0 Å². The minimum Gasteiger partial charge on any atom is -0.276 e. The number of aromatic nitrogens is 2. The maximum absolute atomic E-state index is 13.2. The number of carbonyl (C=O) groups is 2. The number of rotatable bonds is 9. The van der Waals surface area contributed by atoms with Gasteiger partial charge in [-0.3, -0.25) is 41.4 Å². The topological polar surface area (TPSA) is 151 Å². The Bertz CT molecular complexity index is 1360. The number of aryl methyl sites for hydroxylation is 1. The number of nitrogens with zero attached hydrogens (tertiary/aromatic N) is 3. The predicted molar refractivity (Wildman–Crippen MR) is 137 cm³/mol. The summed E-state index contributed by atoms with van der Waals surface area (Å²) in [6, 6.07) is 25.1. The number of nitrogens with one attached hydrogen (secondary N) is 4. The van der Waals surface area contributed by atoms with E-state index in [-0.39, 0.29) is 11.6 Å². The van der Waals surface area contributed by atoms with E-state index in [0.29, 0.717) is 5.56 Å². The fraction of sp³-hybridized carbons (Fsp3) is 0.0769. The summed E-state index contributed by atoms with van der Waals surface area (Å²) in [7, 11) is 0. The first-order valence-electron chi connectivity index (χ1n) is 11.2. The maximum Gasteiger partial charge on any atom is 0.356 e. The van der Waals surface area contributed by atoms with E-state index in [0.717, 1.165) is 23.0 Å². The summed E-state index contributed by atoms with van der Waals surface area (Å²) in [5, 5.41) is 11.8. The number of benzene rings is 3. The van der Waals surface area contributed by atoms with E-state index in [1.54, 1.807) is 24.3 Å². The number of hydrogen-bond acceptors (Lipinski definition) is 8. The van der Waals surface area contributed by atoms with E-state index in [1.165, 1.54) is 0 Å². The van der Waals surface area contributed by atoms with Crippen molar-refractivity contribution in [3.63, 3.8) is 0 Å². The molecule has 3 aromatic carbocycles. The van der Waals surface area contributed by atoms with Gasteiger partial charge >= 0.3 is 5.69 Å². The molecule has 0 bridgehead atoms. The maximum atomic E-state index is 13.2. The van der Waals surface area contributed by atoms with Gasteiger partial charge in [0.15, 0.2) is 0 Å². The number of amides is 2. The van der Waals surface area contributed by atoms with Crippen molar-refractivity contribution in [1.29, 1.82) is 0 Å². The van der Waals surface area contributed by atoms with E-state index < -0.39 is 28.3 Å². The Kier molecular flexibility index (Phi) is 7.64. The Hall–Kier alpha value is -5.32.